The van der Waals surface area contributed by atoms with Crippen molar-refractivity contribution in [3.63, 3.8) is 0 Å². The van der Waals surface area contributed by atoms with Crippen LogP contribution < -0.4 is 5.73 Å². The maximum Gasteiger partial charge on any atom is 0.191 e. The molecule has 1 atom stereocenters. The number of nitrogens with two attached hydrogens (primary N) is 1. The van der Waals surface area contributed by atoms with E-state index >= 15 is 0 Å². The van der Waals surface area contributed by atoms with Gasteiger partial charge in [-0.1, -0.05) is 13.0 Å². The molecule has 22 heavy (non-hydrogen) atoms. The first-order chi connectivity index (χ1) is 10.7. The van der Waals surface area contributed by atoms with Gasteiger partial charge in [0.25, 0.3) is 0 Å². The summed E-state index contributed by atoms with van der Waals surface area (Å²) in [5, 5.41) is 2.16. The predicted molar refractivity (Wildman–Crippen MR) is 94.3 cm³/mol. The molecule has 0 radical (unpaired) electrons. The fraction of sp³-hybridized carbons (Fsp3) is 0.706. The van der Waals surface area contributed by atoms with E-state index in [2.05, 4.69) is 34.2 Å². The lowest BCUT2D eigenvalue weighted by Crippen LogP contribution is -2.43. The standard InChI is InChI=1S/C17H28N4S/c1-14-6-10-21(11-7-14)17(18)19-13-15(16-5-4-12-22-16)20-8-2-3-9-20/h4-5,12,14-15H,2-3,6-11,13H2,1H3,(H2,18,19). The number of hydrogen-bond acceptors (Lipinski definition) is 3. The summed E-state index contributed by atoms with van der Waals surface area (Å²) in [6.45, 7) is 7.62. The van der Waals surface area contributed by atoms with E-state index in [9.17, 15) is 0 Å². The lowest BCUT2D eigenvalue weighted by Gasteiger charge is -2.31. The van der Waals surface area contributed by atoms with Crippen LogP contribution in [-0.4, -0.2) is 48.5 Å². The minimum atomic E-state index is 0.407. The number of aliphatic imine (C=N–C) groups is 1. The lowest BCUT2D eigenvalue weighted by molar-refractivity contribution is 0.251. The van der Waals surface area contributed by atoms with Crippen LogP contribution >= 0.6 is 11.3 Å². The Morgan fingerprint density at radius 3 is 2.68 bits per heavy atom. The van der Waals surface area contributed by atoms with Gasteiger partial charge in [-0.25, -0.2) is 0 Å². The van der Waals surface area contributed by atoms with Crippen LogP contribution in [0.2, 0.25) is 0 Å². The van der Waals surface area contributed by atoms with Gasteiger partial charge in [-0.15, -0.1) is 11.3 Å². The van der Waals surface area contributed by atoms with E-state index in [0.29, 0.717) is 6.04 Å². The minimum absolute atomic E-state index is 0.407. The fourth-order valence-electron chi connectivity index (χ4n) is 3.44. The monoisotopic (exact) mass is 320 g/mol. The molecule has 0 saturated carbocycles. The van der Waals surface area contributed by atoms with Gasteiger partial charge >= 0.3 is 0 Å². The van der Waals surface area contributed by atoms with Crippen LogP contribution in [0.1, 0.15) is 43.5 Å². The molecule has 2 aliphatic heterocycles. The first-order valence-electron chi connectivity index (χ1n) is 8.56. The van der Waals surface area contributed by atoms with Gasteiger partial charge in [0.1, 0.15) is 0 Å². The van der Waals surface area contributed by atoms with Crippen LogP contribution in [0.4, 0.5) is 0 Å². The molecule has 4 nitrogen and oxygen atoms in total. The summed E-state index contributed by atoms with van der Waals surface area (Å²) in [4.78, 5) is 11.0. The van der Waals surface area contributed by atoms with Crippen molar-refractivity contribution in [1.29, 1.82) is 0 Å². The van der Waals surface area contributed by atoms with Crippen LogP contribution in [-0.2, 0) is 0 Å². The highest BCUT2D eigenvalue weighted by Crippen LogP contribution is 2.28. The number of nitrogens with zero attached hydrogens (tertiary/aromatic N) is 3. The molecule has 0 bridgehead atoms. The van der Waals surface area contributed by atoms with E-state index in [1.54, 1.807) is 0 Å². The van der Waals surface area contributed by atoms with E-state index in [0.717, 1.165) is 31.5 Å². The van der Waals surface area contributed by atoms with Crippen LogP contribution in [0.3, 0.4) is 0 Å². The molecular weight excluding hydrogens is 292 g/mol. The third kappa shape index (κ3) is 3.82. The molecule has 3 heterocycles. The van der Waals surface area contributed by atoms with Gasteiger partial charge in [-0.2, -0.15) is 0 Å². The third-order valence-electron chi connectivity index (χ3n) is 4.99. The maximum atomic E-state index is 6.26. The van der Waals surface area contributed by atoms with Crippen molar-refractivity contribution in [1.82, 2.24) is 9.80 Å². The topological polar surface area (TPSA) is 44.9 Å². The summed E-state index contributed by atoms with van der Waals surface area (Å²) in [5.41, 5.74) is 6.26. The minimum Gasteiger partial charge on any atom is -0.370 e. The molecule has 2 N–H and O–H groups in total. The molecule has 2 fully saturated rings. The van der Waals surface area contributed by atoms with Gasteiger partial charge in [0.2, 0.25) is 0 Å². The van der Waals surface area contributed by atoms with Gasteiger partial charge in [-0.3, -0.25) is 9.89 Å². The molecule has 122 valence electrons. The van der Waals surface area contributed by atoms with Crippen molar-refractivity contribution in [2.24, 2.45) is 16.6 Å². The van der Waals surface area contributed by atoms with Crippen LogP contribution in [0.25, 0.3) is 0 Å². The van der Waals surface area contributed by atoms with E-state index < -0.39 is 0 Å². The Bertz CT molecular complexity index is 471. The van der Waals surface area contributed by atoms with Gasteiger partial charge in [0.15, 0.2) is 5.96 Å². The molecular formula is C17H28N4S. The average molecular weight is 321 g/mol. The number of hydrogen-bond donors (Lipinski definition) is 1. The van der Waals surface area contributed by atoms with Crippen LogP contribution in [0.15, 0.2) is 22.5 Å². The Morgan fingerprint density at radius 2 is 2.05 bits per heavy atom. The number of guanidine groups is 1. The molecule has 2 aliphatic rings. The van der Waals surface area contributed by atoms with Crippen molar-refractivity contribution in [3.05, 3.63) is 22.4 Å². The van der Waals surface area contributed by atoms with Crippen molar-refractivity contribution in [3.8, 4) is 0 Å². The van der Waals surface area contributed by atoms with Gasteiger partial charge < -0.3 is 10.6 Å². The molecule has 3 rings (SSSR count). The summed E-state index contributed by atoms with van der Waals surface area (Å²) < 4.78 is 0. The Labute approximate surface area is 138 Å². The Morgan fingerprint density at radius 1 is 1.32 bits per heavy atom. The highest BCUT2D eigenvalue weighted by atomic mass is 32.1. The third-order valence-corrected chi connectivity index (χ3v) is 5.96. The summed E-state index contributed by atoms with van der Waals surface area (Å²) in [5.74, 6) is 1.57. The maximum absolute atomic E-state index is 6.26. The Balaban J connectivity index is 1.64. The first kappa shape index (κ1) is 15.8. The second-order valence-electron chi connectivity index (χ2n) is 6.64. The highest BCUT2D eigenvalue weighted by Gasteiger charge is 2.24. The molecule has 2 saturated heterocycles. The fourth-order valence-corrected chi connectivity index (χ4v) is 4.29. The van der Waals surface area contributed by atoms with Crippen LogP contribution in [0.5, 0.6) is 0 Å². The van der Waals surface area contributed by atoms with E-state index in [1.165, 1.54) is 43.6 Å². The van der Waals surface area contributed by atoms with E-state index in [1.807, 2.05) is 11.3 Å². The lowest BCUT2D eigenvalue weighted by atomic mass is 10.00. The van der Waals surface area contributed by atoms with Crippen molar-refractivity contribution < 1.29 is 0 Å². The normalized spacial score (nSPS) is 23.1. The summed E-state index contributed by atoms with van der Waals surface area (Å²) >= 11 is 1.84. The Kier molecular flexibility index (Phi) is 5.37. The second kappa shape index (κ2) is 7.47. The number of likely N-dealkylation sites (tertiary alicyclic amines) is 2. The molecule has 1 unspecified atom stereocenters. The average Bonchev–Trinajstić information content (AvgIpc) is 3.22. The molecule has 0 aromatic carbocycles. The number of thiophene rings is 1. The SMILES string of the molecule is CC1CCN(C(N)=NCC(c2cccs2)N2CCCC2)CC1. The predicted octanol–water partition coefficient (Wildman–Crippen LogP) is 2.93. The first-order valence-corrected chi connectivity index (χ1v) is 9.44. The molecule has 0 amide bonds. The summed E-state index contributed by atoms with van der Waals surface area (Å²) in [6, 6.07) is 4.79. The number of piperidine rings is 1. The molecule has 0 aliphatic carbocycles. The van der Waals surface area contributed by atoms with Crippen molar-refractivity contribution in [2.45, 2.75) is 38.6 Å². The molecule has 5 heteroatoms. The van der Waals surface area contributed by atoms with E-state index in [-0.39, 0.29) is 0 Å². The zero-order chi connectivity index (χ0) is 15.4. The van der Waals surface area contributed by atoms with Crippen LogP contribution in [0, 0.1) is 5.92 Å². The number of rotatable bonds is 4. The van der Waals surface area contributed by atoms with Crippen molar-refractivity contribution in [2.75, 3.05) is 32.7 Å². The second-order valence-corrected chi connectivity index (χ2v) is 7.62. The quantitative estimate of drug-likeness (QED) is 0.685. The Hall–Kier alpha value is -1.07. The molecule has 0 spiro atoms. The highest BCUT2D eigenvalue weighted by molar-refractivity contribution is 7.10. The zero-order valence-corrected chi connectivity index (χ0v) is 14.4. The smallest absolute Gasteiger partial charge is 0.191 e. The zero-order valence-electron chi connectivity index (χ0n) is 13.6. The molecule has 1 aromatic heterocycles. The van der Waals surface area contributed by atoms with Crippen molar-refractivity contribution >= 4 is 17.3 Å². The largest absolute Gasteiger partial charge is 0.370 e. The summed E-state index contributed by atoms with van der Waals surface area (Å²) in [7, 11) is 0. The van der Waals surface area contributed by atoms with Gasteiger partial charge in [-0.05, 0) is 56.1 Å². The summed E-state index contributed by atoms with van der Waals surface area (Å²) in [6.07, 6.45) is 5.09. The van der Waals surface area contributed by atoms with Gasteiger partial charge in [0.05, 0.1) is 12.6 Å². The molecule has 1 aromatic rings. The van der Waals surface area contributed by atoms with Gasteiger partial charge in [0, 0.05) is 18.0 Å². The van der Waals surface area contributed by atoms with E-state index in [4.69, 9.17) is 10.7 Å².